The second-order valence-corrected chi connectivity index (χ2v) is 7.57. The first-order chi connectivity index (χ1) is 11.6. The van der Waals surface area contributed by atoms with Crippen molar-refractivity contribution >= 4 is 24.1 Å². The topological polar surface area (TPSA) is 68.1 Å². The minimum absolute atomic E-state index is 0.129. The molecule has 1 N–H and O–H groups in total. The van der Waals surface area contributed by atoms with Gasteiger partial charge in [0.1, 0.15) is 18.2 Å². The molecular formula is C17H25BN4O3. The van der Waals surface area contributed by atoms with Crippen LogP contribution < -0.4 is 16.3 Å². The summed E-state index contributed by atoms with van der Waals surface area (Å²) in [4.78, 5) is 18.8. The zero-order valence-electron chi connectivity index (χ0n) is 15.7. The van der Waals surface area contributed by atoms with Crippen LogP contribution in [0, 0.1) is 0 Å². The number of aliphatic imine (C=N–C) groups is 1. The summed E-state index contributed by atoms with van der Waals surface area (Å²) < 4.78 is 13.7. The Bertz CT molecular complexity index is 782. The Morgan fingerprint density at radius 1 is 1.20 bits per heavy atom. The molecule has 0 amide bonds. The number of nitrogens with one attached hydrogen (secondary N) is 1. The highest BCUT2D eigenvalue weighted by Gasteiger charge is 2.51. The number of aryl methyl sites for hydroxylation is 1. The first kappa shape index (κ1) is 17.8. The van der Waals surface area contributed by atoms with Gasteiger partial charge < -0.3 is 24.1 Å². The number of anilines is 1. The number of rotatable bonds is 2. The zero-order valence-corrected chi connectivity index (χ0v) is 15.7. The van der Waals surface area contributed by atoms with Crippen molar-refractivity contribution in [1.82, 2.24) is 9.47 Å². The number of nitrogens with zero attached hydrogens (tertiary/aromatic N) is 3. The SMILES string of the molecule is CN1C=CC(Nc2cc(B3OC(C)(C)C(C)(C)O3)cn(C)c2=O)=NC1. The lowest BCUT2D eigenvalue weighted by Gasteiger charge is -2.32. The fraction of sp³-hybridized carbons (Fsp3) is 0.529. The monoisotopic (exact) mass is 344 g/mol. The first-order valence-corrected chi connectivity index (χ1v) is 8.35. The van der Waals surface area contributed by atoms with E-state index in [-0.39, 0.29) is 5.56 Å². The molecule has 134 valence electrons. The molecule has 3 rings (SSSR count). The molecule has 0 aliphatic carbocycles. The van der Waals surface area contributed by atoms with Crippen LogP contribution in [0.3, 0.4) is 0 Å². The van der Waals surface area contributed by atoms with Crippen molar-refractivity contribution < 1.29 is 9.31 Å². The number of amidine groups is 1. The Morgan fingerprint density at radius 2 is 1.84 bits per heavy atom. The van der Waals surface area contributed by atoms with Crippen molar-refractivity contribution in [2.45, 2.75) is 38.9 Å². The van der Waals surface area contributed by atoms with Gasteiger partial charge in [-0.05, 0) is 39.8 Å². The van der Waals surface area contributed by atoms with Crippen LogP contribution in [0.15, 0.2) is 34.3 Å². The number of hydrogen-bond acceptors (Lipinski definition) is 6. The smallest absolute Gasteiger partial charge is 0.399 e. The van der Waals surface area contributed by atoms with Crippen LogP contribution in [0.4, 0.5) is 5.69 Å². The molecule has 0 saturated carbocycles. The summed E-state index contributed by atoms with van der Waals surface area (Å²) in [6.07, 6.45) is 5.50. The highest BCUT2D eigenvalue weighted by atomic mass is 16.7. The predicted molar refractivity (Wildman–Crippen MR) is 100 cm³/mol. The summed E-state index contributed by atoms with van der Waals surface area (Å²) in [5, 5.41) is 3.11. The van der Waals surface area contributed by atoms with Crippen LogP contribution in [-0.4, -0.2) is 47.3 Å². The average Bonchev–Trinajstić information content (AvgIpc) is 2.74. The Hall–Kier alpha value is -2.06. The minimum atomic E-state index is -0.521. The molecule has 3 heterocycles. The molecule has 0 radical (unpaired) electrons. The molecule has 8 heteroatoms. The summed E-state index contributed by atoms with van der Waals surface area (Å²) in [5.74, 6) is 0.654. The molecule has 1 saturated heterocycles. The van der Waals surface area contributed by atoms with Crippen molar-refractivity contribution in [2.75, 3.05) is 19.0 Å². The Balaban J connectivity index is 1.90. The molecule has 0 bridgehead atoms. The van der Waals surface area contributed by atoms with Gasteiger partial charge in [-0.25, -0.2) is 4.99 Å². The summed E-state index contributed by atoms with van der Waals surface area (Å²) in [6, 6.07) is 1.78. The van der Waals surface area contributed by atoms with Crippen LogP contribution in [0.5, 0.6) is 0 Å². The Kier molecular flexibility index (Phi) is 4.29. The maximum atomic E-state index is 12.5. The second-order valence-electron chi connectivity index (χ2n) is 7.57. The van der Waals surface area contributed by atoms with E-state index in [2.05, 4.69) is 10.3 Å². The molecule has 7 nitrogen and oxygen atoms in total. The van der Waals surface area contributed by atoms with E-state index in [0.717, 1.165) is 5.46 Å². The molecule has 1 fully saturated rings. The van der Waals surface area contributed by atoms with Gasteiger partial charge in [-0.3, -0.25) is 4.79 Å². The van der Waals surface area contributed by atoms with E-state index in [1.807, 2.05) is 51.9 Å². The summed E-state index contributed by atoms with van der Waals surface area (Å²) in [5.41, 5.74) is 0.250. The standard InChI is InChI=1S/C17H25BN4O3/c1-16(2)17(3,4)25-18(24-16)12-9-13(15(23)22(6)10-12)20-14-7-8-21(5)11-19-14/h7-10H,11H2,1-6H3,(H,19,20). The molecule has 0 unspecified atom stereocenters. The number of aromatic nitrogens is 1. The summed E-state index contributed by atoms with van der Waals surface area (Å²) in [6.45, 7) is 8.58. The normalized spacial score (nSPS) is 21.4. The largest absolute Gasteiger partial charge is 0.496 e. The van der Waals surface area contributed by atoms with Gasteiger partial charge in [0.2, 0.25) is 0 Å². The third-order valence-corrected chi connectivity index (χ3v) is 4.94. The molecule has 0 atom stereocenters. The number of pyridine rings is 1. The van der Waals surface area contributed by atoms with E-state index in [1.54, 1.807) is 19.3 Å². The van der Waals surface area contributed by atoms with E-state index >= 15 is 0 Å². The predicted octanol–water partition coefficient (Wildman–Crippen LogP) is 0.911. The maximum absolute atomic E-state index is 12.5. The fourth-order valence-electron chi connectivity index (χ4n) is 2.64. The summed E-state index contributed by atoms with van der Waals surface area (Å²) in [7, 11) is 3.14. The van der Waals surface area contributed by atoms with E-state index in [0.29, 0.717) is 18.2 Å². The lowest BCUT2D eigenvalue weighted by molar-refractivity contribution is 0.00578. The van der Waals surface area contributed by atoms with Gasteiger partial charge in [0.15, 0.2) is 0 Å². The van der Waals surface area contributed by atoms with Gasteiger partial charge in [0.25, 0.3) is 5.56 Å². The van der Waals surface area contributed by atoms with Gasteiger partial charge in [-0.2, -0.15) is 0 Å². The molecule has 25 heavy (non-hydrogen) atoms. The first-order valence-electron chi connectivity index (χ1n) is 8.35. The van der Waals surface area contributed by atoms with Crippen molar-refractivity contribution in [2.24, 2.45) is 12.0 Å². The van der Waals surface area contributed by atoms with E-state index in [4.69, 9.17) is 9.31 Å². The molecule has 0 aromatic carbocycles. The second kappa shape index (κ2) is 6.03. The molecular weight excluding hydrogens is 319 g/mol. The molecule has 2 aliphatic rings. The molecule has 1 aromatic heterocycles. The molecule has 0 spiro atoms. The Labute approximate surface area is 148 Å². The average molecular weight is 344 g/mol. The highest BCUT2D eigenvalue weighted by molar-refractivity contribution is 6.62. The molecule has 2 aliphatic heterocycles. The lowest BCUT2D eigenvalue weighted by atomic mass is 9.80. The number of hydrogen-bond donors (Lipinski definition) is 1. The van der Waals surface area contributed by atoms with Crippen LogP contribution in [0.1, 0.15) is 27.7 Å². The van der Waals surface area contributed by atoms with Crippen LogP contribution in [-0.2, 0) is 16.4 Å². The van der Waals surface area contributed by atoms with Crippen molar-refractivity contribution in [1.29, 1.82) is 0 Å². The van der Waals surface area contributed by atoms with Gasteiger partial charge in [0, 0.05) is 32.0 Å². The van der Waals surface area contributed by atoms with Crippen molar-refractivity contribution in [3.8, 4) is 0 Å². The zero-order chi connectivity index (χ0) is 18.4. The van der Waals surface area contributed by atoms with Crippen LogP contribution >= 0.6 is 0 Å². The fourth-order valence-corrected chi connectivity index (χ4v) is 2.64. The third-order valence-electron chi connectivity index (χ3n) is 4.94. The highest BCUT2D eigenvalue weighted by Crippen LogP contribution is 2.36. The van der Waals surface area contributed by atoms with Gasteiger partial charge >= 0.3 is 7.12 Å². The van der Waals surface area contributed by atoms with Crippen LogP contribution in [0.25, 0.3) is 0 Å². The third kappa shape index (κ3) is 3.36. The van der Waals surface area contributed by atoms with E-state index < -0.39 is 18.3 Å². The Morgan fingerprint density at radius 3 is 2.40 bits per heavy atom. The maximum Gasteiger partial charge on any atom is 0.496 e. The quantitative estimate of drug-likeness (QED) is 0.808. The van der Waals surface area contributed by atoms with E-state index in [1.165, 1.54) is 4.57 Å². The van der Waals surface area contributed by atoms with Crippen molar-refractivity contribution in [3.05, 3.63) is 34.9 Å². The van der Waals surface area contributed by atoms with Crippen molar-refractivity contribution in [3.63, 3.8) is 0 Å². The van der Waals surface area contributed by atoms with Gasteiger partial charge in [0.05, 0.1) is 11.2 Å². The molecule has 1 aromatic rings. The lowest BCUT2D eigenvalue weighted by Crippen LogP contribution is -2.41. The minimum Gasteiger partial charge on any atom is -0.399 e. The summed E-state index contributed by atoms with van der Waals surface area (Å²) >= 11 is 0. The van der Waals surface area contributed by atoms with Crippen LogP contribution in [0.2, 0.25) is 0 Å². The van der Waals surface area contributed by atoms with Gasteiger partial charge in [-0.1, -0.05) is 0 Å². The van der Waals surface area contributed by atoms with Gasteiger partial charge in [-0.15, -0.1) is 0 Å². The van der Waals surface area contributed by atoms with E-state index in [9.17, 15) is 4.79 Å².